The fraction of sp³-hybridized carbons (Fsp3) is 0.0435. The van der Waals surface area contributed by atoms with Gasteiger partial charge in [0.25, 0.3) is 5.91 Å². The molecule has 0 unspecified atom stereocenters. The number of aryl methyl sites for hydroxylation is 1. The third kappa shape index (κ3) is 3.72. The van der Waals surface area contributed by atoms with Gasteiger partial charge in [0.05, 0.1) is 10.6 Å². The first-order valence-corrected chi connectivity index (χ1v) is 9.84. The minimum atomic E-state index is -0.0685. The number of anilines is 1. The number of thiocarbonyl (C=S) groups is 1. The Kier molecular flexibility index (Phi) is 4.92. The summed E-state index contributed by atoms with van der Waals surface area (Å²) in [5.74, 6) is -0.0685. The molecule has 0 bridgehead atoms. The van der Waals surface area contributed by atoms with E-state index in [0.29, 0.717) is 9.23 Å². The van der Waals surface area contributed by atoms with Crippen LogP contribution in [0.15, 0.2) is 83.8 Å². The van der Waals surface area contributed by atoms with Gasteiger partial charge in [-0.25, -0.2) is 0 Å². The molecule has 3 aromatic carbocycles. The predicted octanol–water partition coefficient (Wildman–Crippen LogP) is 6.07. The largest absolute Gasteiger partial charge is 0.270 e. The Morgan fingerprint density at radius 2 is 1.48 bits per heavy atom. The van der Waals surface area contributed by atoms with E-state index in [-0.39, 0.29) is 5.91 Å². The highest BCUT2D eigenvalue weighted by Crippen LogP contribution is 2.36. The van der Waals surface area contributed by atoms with Crippen LogP contribution in [0, 0.1) is 6.92 Å². The van der Waals surface area contributed by atoms with Crippen LogP contribution >= 0.6 is 24.0 Å². The van der Waals surface area contributed by atoms with Crippen molar-refractivity contribution in [3.05, 3.63) is 94.9 Å². The lowest BCUT2D eigenvalue weighted by molar-refractivity contribution is -0.113. The molecule has 2 nitrogen and oxygen atoms in total. The Hall–Kier alpha value is -2.69. The number of thioether (sulfide) groups is 1. The number of hydrogen-bond acceptors (Lipinski definition) is 3. The van der Waals surface area contributed by atoms with E-state index >= 15 is 0 Å². The molecule has 4 heteroatoms. The number of carbonyl (C=O) groups is 1. The summed E-state index contributed by atoms with van der Waals surface area (Å²) in [6, 6.07) is 26.3. The van der Waals surface area contributed by atoms with Gasteiger partial charge in [0.15, 0.2) is 4.32 Å². The van der Waals surface area contributed by atoms with Gasteiger partial charge in [-0.05, 0) is 41.8 Å². The molecule has 0 atom stereocenters. The van der Waals surface area contributed by atoms with Crippen molar-refractivity contribution in [2.45, 2.75) is 6.92 Å². The summed E-state index contributed by atoms with van der Waals surface area (Å²) in [5, 5.41) is 0. The first-order chi connectivity index (χ1) is 13.1. The summed E-state index contributed by atoms with van der Waals surface area (Å²) in [4.78, 5) is 15.1. The van der Waals surface area contributed by atoms with Crippen molar-refractivity contribution in [3.8, 4) is 11.1 Å². The highest BCUT2D eigenvalue weighted by Gasteiger charge is 2.33. The molecule has 27 heavy (non-hydrogen) atoms. The van der Waals surface area contributed by atoms with E-state index in [1.54, 1.807) is 4.90 Å². The number of carbonyl (C=O) groups excluding carboxylic acids is 1. The van der Waals surface area contributed by atoms with E-state index < -0.39 is 0 Å². The van der Waals surface area contributed by atoms with Gasteiger partial charge in [-0.2, -0.15) is 0 Å². The Bertz CT molecular complexity index is 1020. The van der Waals surface area contributed by atoms with Gasteiger partial charge in [-0.3, -0.25) is 9.69 Å². The van der Waals surface area contributed by atoms with E-state index in [4.69, 9.17) is 12.2 Å². The van der Waals surface area contributed by atoms with Crippen LogP contribution < -0.4 is 4.90 Å². The zero-order valence-electron chi connectivity index (χ0n) is 14.8. The quantitative estimate of drug-likeness (QED) is 0.402. The van der Waals surface area contributed by atoms with E-state index in [0.717, 1.165) is 22.4 Å². The second-order valence-corrected chi connectivity index (χ2v) is 8.02. The maximum atomic E-state index is 12.8. The lowest BCUT2D eigenvalue weighted by Gasteiger charge is -2.14. The molecule has 0 spiro atoms. The smallest absolute Gasteiger partial charge is 0.268 e. The first kappa shape index (κ1) is 17.7. The van der Waals surface area contributed by atoms with Gasteiger partial charge in [0.2, 0.25) is 0 Å². The molecule has 1 aliphatic rings. The molecule has 4 rings (SSSR count). The van der Waals surface area contributed by atoms with Crippen LogP contribution in [0.3, 0.4) is 0 Å². The molecule has 1 fully saturated rings. The van der Waals surface area contributed by atoms with Crippen LogP contribution in [0.5, 0.6) is 0 Å². The van der Waals surface area contributed by atoms with Gasteiger partial charge in [-0.1, -0.05) is 96.3 Å². The van der Waals surface area contributed by atoms with Crippen LogP contribution in [0.1, 0.15) is 11.1 Å². The van der Waals surface area contributed by atoms with Crippen LogP contribution in [0.2, 0.25) is 0 Å². The van der Waals surface area contributed by atoms with Crippen molar-refractivity contribution < 1.29 is 4.79 Å². The van der Waals surface area contributed by atoms with Crippen LogP contribution in [-0.4, -0.2) is 10.2 Å². The molecule has 3 aromatic rings. The normalized spacial score (nSPS) is 15.6. The lowest BCUT2D eigenvalue weighted by atomic mass is 10.0. The molecule has 0 aliphatic carbocycles. The maximum absolute atomic E-state index is 12.8. The van der Waals surface area contributed by atoms with Crippen molar-refractivity contribution in [1.82, 2.24) is 0 Å². The Morgan fingerprint density at radius 1 is 0.852 bits per heavy atom. The second kappa shape index (κ2) is 7.51. The maximum Gasteiger partial charge on any atom is 0.270 e. The van der Waals surface area contributed by atoms with Crippen molar-refractivity contribution in [2.24, 2.45) is 0 Å². The summed E-state index contributed by atoms with van der Waals surface area (Å²) in [5.41, 5.74) is 5.28. The monoisotopic (exact) mass is 387 g/mol. The van der Waals surface area contributed by atoms with Crippen LogP contribution in [-0.2, 0) is 4.79 Å². The molecule has 0 aromatic heterocycles. The summed E-state index contributed by atoms with van der Waals surface area (Å²) >= 11 is 6.78. The predicted molar refractivity (Wildman–Crippen MR) is 119 cm³/mol. The number of rotatable bonds is 3. The summed E-state index contributed by atoms with van der Waals surface area (Å²) < 4.78 is 0.566. The van der Waals surface area contributed by atoms with E-state index in [2.05, 4.69) is 24.3 Å². The molecule has 0 N–H and O–H groups in total. The highest BCUT2D eigenvalue weighted by molar-refractivity contribution is 8.27. The Labute approximate surface area is 168 Å². The molecule has 1 saturated heterocycles. The van der Waals surface area contributed by atoms with Crippen molar-refractivity contribution in [3.63, 3.8) is 0 Å². The zero-order chi connectivity index (χ0) is 18.8. The van der Waals surface area contributed by atoms with Crippen LogP contribution in [0.25, 0.3) is 17.2 Å². The zero-order valence-corrected chi connectivity index (χ0v) is 16.4. The minimum absolute atomic E-state index is 0.0685. The molecule has 132 valence electrons. The minimum Gasteiger partial charge on any atom is -0.268 e. The molecule has 1 aliphatic heterocycles. The average molecular weight is 388 g/mol. The fourth-order valence-corrected chi connectivity index (χ4v) is 4.24. The molecule has 0 radical (unpaired) electrons. The molecule has 1 amide bonds. The van der Waals surface area contributed by atoms with Gasteiger partial charge in [-0.15, -0.1) is 0 Å². The van der Waals surface area contributed by atoms with E-state index in [1.807, 2.05) is 67.6 Å². The summed E-state index contributed by atoms with van der Waals surface area (Å²) in [6.45, 7) is 2.02. The second-order valence-electron chi connectivity index (χ2n) is 6.34. The third-order valence-electron chi connectivity index (χ3n) is 4.40. The van der Waals surface area contributed by atoms with Crippen LogP contribution in [0.4, 0.5) is 5.69 Å². The topological polar surface area (TPSA) is 20.3 Å². The van der Waals surface area contributed by atoms with Crippen molar-refractivity contribution in [1.29, 1.82) is 0 Å². The molecular formula is C23H17NOS2. The number of amides is 1. The number of hydrogen-bond donors (Lipinski definition) is 0. The van der Waals surface area contributed by atoms with Gasteiger partial charge >= 0.3 is 0 Å². The fourth-order valence-electron chi connectivity index (χ4n) is 2.94. The SMILES string of the molecule is Cc1ccc(N2C(=O)/C(=C\c3ccc(-c4ccccc4)cc3)SC2=S)cc1. The summed E-state index contributed by atoms with van der Waals surface area (Å²) in [7, 11) is 0. The number of benzene rings is 3. The molecule has 0 saturated carbocycles. The average Bonchev–Trinajstić information content (AvgIpc) is 2.97. The Morgan fingerprint density at radius 3 is 2.15 bits per heavy atom. The van der Waals surface area contributed by atoms with E-state index in [9.17, 15) is 4.79 Å². The van der Waals surface area contributed by atoms with Gasteiger partial charge < -0.3 is 0 Å². The molecular weight excluding hydrogens is 370 g/mol. The Balaban J connectivity index is 1.58. The standard InChI is InChI=1S/C23H17NOS2/c1-16-7-13-20(14-8-16)24-22(25)21(27-23(24)26)15-17-9-11-19(12-10-17)18-5-3-2-4-6-18/h2-15H,1H3/b21-15+. The lowest BCUT2D eigenvalue weighted by Crippen LogP contribution is -2.27. The van der Waals surface area contributed by atoms with Crippen molar-refractivity contribution >= 4 is 46.0 Å². The third-order valence-corrected chi connectivity index (χ3v) is 5.70. The highest BCUT2D eigenvalue weighted by atomic mass is 32.2. The number of nitrogens with zero attached hydrogens (tertiary/aromatic N) is 1. The summed E-state index contributed by atoms with van der Waals surface area (Å²) in [6.07, 6.45) is 1.91. The van der Waals surface area contributed by atoms with Gasteiger partial charge in [0, 0.05) is 0 Å². The molecule has 1 heterocycles. The van der Waals surface area contributed by atoms with Gasteiger partial charge in [0.1, 0.15) is 0 Å². The van der Waals surface area contributed by atoms with E-state index in [1.165, 1.54) is 17.3 Å². The van der Waals surface area contributed by atoms with Crippen molar-refractivity contribution in [2.75, 3.05) is 4.90 Å². The first-order valence-electron chi connectivity index (χ1n) is 8.62.